The second kappa shape index (κ2) is 8.43. The van der Waals surface area contributed by atoms with Crippen LogP contribution in [0.2, 0.25) is 0 Å². The van der Waals surface area contributed by atoms with Gasteiger partial charge in [-0.15, -0.1) is 0 Å². The maximum absolute atomic E-state index is 12.3. The summed E-state index contributed by atoms with van der Waals surface area (Å²) in [5.41, 5.74) is 0.915. The number of benzene rings is 2. The first-order chi connectivity index (χ1) is 13.4. The topological polar surface area (TPSA) is 103 Å². The number of anilines is 1. The Hall–Kier alpha value is -3.55. The Morgan fingerprint density at radius 2 is 1.71 bits per heavy atom. The summed E-state index contributed by atoms with van der Waals surface area (Å²) in [5.74, 6) is -0.492. The predicted octanol–water partition coefficient (Wildman–Crippen LogP) is 2.10. The van der Waals surface area contributed by atoms with Crippen LogP contribution in [0, 0.1) is 0 Å². The number of hydrogen-bond acceptors (Lipinski definition) is 6. The largest absolute Gasteiger partial charge is 0.454 e. The van der Waals surface area contributed by atoms with Crippen molar-refractivity contribution in [3.63, 3.8) is 0 Å². The molecule has 0 fully saturated rings. The molecule has 0 aliphatic carbocycles. The second-order valence-corrected chi connectivity index (χ2v) is 6.20. The first kappa shape index (κ1) is 19.2. The molecule has 3 rings (SSSR count). The van der Waals surface area contributed by atoms with Gasteiger partial charge in [0.1, 0.15) is 6.04 Å². The van der Waals surface area contributed by atoms with E-state index >= 15 is 0 Å². The summed E-state index contributed by atoms with van der Waals surface area (Å²) < 4.78 is 15.6. The highest BCUT2D eigenvalue weighted by Gasteiger charge is 2.24. The molecule has 0 saturated carbocycles. The molecule has 2 atom stereocenters. The van der Waals surface area contributed by atoms with Crippen LogP contribution in [0.3, 0.4) is 0 Å². The fraction of sp³-hybridized carbons (Fsp3) is 0.250. The van der Waals surface area contributed by atoms with Crippen molar-refractivity contribution >= 4 is 23.5 Å². The smallest absolute Gasteiger partial charge is 0.329 e. The van der Waals surface area contributed by atoms with Crippen molar-refractivity contribution in [2.75, 3.05) is 12.1 Å². The van der Waals surface area contributed by atoms with E-state index in [-0.39, 0.29) is 6.79 Å². The Morgan fingerprint density at radius 1 is 1.00 bits per heavy atom. The van der Waals surface area contributed by atoms with Crippen molar-refractivity contribution in [2.24, 2.45) is 0 Å². The van der Waals surface area contributed by atoms with Crippen LogP contribution in [0.25, 0.3) is 0 Å². The van der Waals surface area contributed by atoms with E-state index in [4.69, 9.17) is 14.2 Å². The molecule has 8 nitrogen and oxygen atoms in total. The van der Waals surface area contributed by atoms with Gasteiger partial charge >= 0.3 is 5.97 Å². The van der Waals surface area contributed by atoms with Crippen molar-refractivity contribution in [3.05, 3.63) is 54.1 Å². The first-order valence-corrected chi connectivity index (χ1v) is 8.71. The van der Waals surface area contributed by atoms with Crippen molar-refractivity contribution in [1.29, 1.82) is 0 Å². The van der Waals surface area contributed by atoms with Gasteiger partial charge in [0.05, 0.1) is 0 Å². The maximum Gasteiger partial charge on any atom is 0.329 e. The van der Waals surface area contributed by atoms with E-state index in [0.717, 1.165) is 0 Å². The third-order valence-corrected chi connectivity index (χ3v) is 4.04. The Balaban J connectivity index is 1.51. The van der Waals surface area contributed by atoms with Crippen molar-refractivity contribution in [2.45, 2.75) is 26.0 Å². The molecule has 0 unspecified atom stereocenters. The van der Waals surface area contributed by atoms with Gasteiger partial charge in [0.25, 0.3) is 11.8 Å². The van der Waals surface area contributed by atoms with E-state index in [1.54, 1.807) is 48.5 Å². The lowest BCUT2D eigenvalue weighted by atomic mass is 10.2. The number of esters is 1. The summed E-state index contributed by atoms with van der Waals surface area (Å²) in [6, 6.07) is 12.5. The van der Waals surface area contributed by atoms with E-state index < -0.39 is 29.9 Å². The standard InChI is InChI=1S/C20H20N2O6/c1-12(21-19(24)14-6-4-3-5-7-14)20(25)28-13(2)18(23)22-15-8-9-16-17(10-15)27-11-26-16/h3-10,12-13H,11H2,1-2H3,(H,21,24)(H,22,23)/t12-,13+/m0/s1. The summed E-state index contributed by atoms with van der Waals surface area (Å²) in [4.78, 5) is 36.5. The average Bonchev–Trinajstić information content (AvgIpc) is 3.16. The molecule has 0 bridgehead atoms. The minimum absolute atomic E-state index is 0.132. The summed E-state index contributed by atoms with van der Waals surface area (Å²) in [5, 5.41) is 5.19. The van der Waals surface area contributed by atoms with Gasteiger partial charge in [-0.2, -0.15) is 0 Å². The van der Waals surface area contributed by atoms with Crippen LogP contribution in [0.1, 0.15) is 24.2 Å². The monoisotopic (exact) mass is 384 g/mol. The fourth-order valence-electron chi connectivity index (χ4n) is 2.48. The lowest BCUT2D eigenvalue weighted by Crippen LogP contribution is -2.42. The minimum atomic E-state index is -1.05. The second-order valence-electron chi connectivity index (χ2n) is 6.20. The number of nitrogens with one attached hydrogen (secondary N) is 2. The molecule has 2 aromatic rings. The zero-order chi connectivity index (χ0) is 20.1. The zero-order valence-corrected chi connectivity index (χ0v) is 15.4. The van der Waals surface area contributed by atoms with Crippen molar-refractivity contribution < 1.29 is 28.6 Å². The molecule has 8 heteroatoms. The van der Waals surface area contributed by atoms with Crippen LogP contribution < -0.4 is 20.1 Å². The summed E-state index contributed by atoms with van der Waals surface area (Å²) >= 11 is 0. The molecular formula is C20H20N2O6. The summed E-state index contributed by atoms with van der Waals surface area (Å²) in [6.45, 7) is 3.07. The molecule has 28 heavy (non-hydrogen) atoms. The lowest BCUT2D eigenvalue weighted by molar-refractivity contribution is -0.154. The van der Waals surface area contributed by atoms with E-state index in [9.17, 15) is 14.4 Å². The molecule has 0 saturated heterocycles. The van der Waals surface area contributed by atoms with Gasteiger partial charge in [0, 0.05) is 17.3 Å². The van der Waals surface area contributed by atoms with Gasteiger partial charge in [-0.25, -0.2) is 4.79 Å². The Labute approximate surface area is 161 Å². The first-order valence-electron chi connectivity index (χ1n) is 8.71. The lowest BCUT2D eigenvalue weighted by Gasteiger charge is -2.17. The molecule has 0 spiro atoms. The van der Waals surface area contributed by atoms with Crippen LogP contribution in [-0.2, 0) is 14.3 Å². The molecule has 1 heterocycles. The molecule has 2 N–H and O–H groups in total. The third kappa shape index (κ3) is 4.59. The number of carbonyl (C=O) groups is 3. The summed E-state index contributed by atoms with van der Waals surface area (Å²) in [7, 11) is 0. The van der Waals surface area contributed by atoms with Crippen LogP contribution in [0.5, 0.6) is 11.5 Å². The average molecular weight is 384 g/mol. The van der Waals surface area contributed by atoms with E-state index in [2.05, 4.69) is 10.6 Å². The highest BCUT2D eigenvalue weighted by Crippen LogP contribution is 2.34. The molecule has 2 aromatic carbocycles. The van der Waals surface area contributed by atoms with E-state index in [1.165, 1.54) is 13.8 Å². The summed E-state index contributed by atoms with van der Waals surface area (Å²) in [6.07, 6.45) is -1.05. The quantitative estimate of drug-likeness (QED) is 0.740. The highest BCUT2D eigenvalue weighted by atomic mass is 16.7. The van der Waals surface area contributed by atoms with Gasteiger partial charge in [-0.3, -0.25) is 9.59 Å². The maximum atomic E-state index is 12.3. The molecule has 2 amide bonds. The van der Waals surface area contributed by atoms with Gasteiger partial charge in [0.2, 0.25) is 6.79 Å². The van der Waals surface area contributed by atoms with Crippen LogP contribution >= 0.6 is 0 Å². The number of hydrogen-bond donors (Lipinski definition) is 2. The SMILES string of the molecule is C[C@H](NC(=O)c1ccccc1)C(=O)O[C@H](C)C(=O)Nc1ccc2c(c1)OCO2. The van der Waals surface area contributed by atoms with Gasteiger partial charge in [-0.05, 0) is 38.1 Å². The Morgan fingerprint density at radius 3 is 2.46 bits per heavy atom. The van der Waals surface area contributed by atoms with E-state index in [0.29, 0.717) is 22.7 Å². The third-order valence-electron chi connectivity index (χ3n) is 4.04. The molecular weight excluding hydrogens is 364 g/mol. The van der Waals surface area contributed by atoms with Crippen LogP contribution in [0.4, 0.5) is 5.69 Å². The number of rotatable bonds is 6. The Kier molecular flexibility index (Phi) is 5.78. The van der Waals surface area contributed by atoms with Gasteiger partial charge in [0.15, 0.2) is 17.6 Å². The molecule has 0 radical (unpaired) electrons. The van der Waals surface area contributed by atoms with Crippen molar-refractivity contribution in [1.82, 2.24) is 5.32 Å². The predicted molar refractivity (Wildman–Crippen MR) is 100 cm³/mol. The highest BCUT2D eigenvalue weighted by molar-refractivity contribution is 5.98. The molecule has 1 aliphatic heterocycles. The van der Waals surface area contributed by atoms with Crippen LogP contribution in [0.15, 0.2) is 48.5 Å². The normalized spacial score (nSPS) is 13.9. The number of amides is 2. The number of carbonyl (C=O) groups excluding carboxylic acids is 3. The number of fused-ring (bicyclic) bond motifs is 1. The zero-order valence-electron chi connectivity index (χ0n) is 15.4. The van der Waals surface area contributed by atoms with E-state index in [1.807, 2.05) is 0 Å². The Bertz CT molecular complexity index is 884. The van der Waals surface area contributed by atoms with Crippen molar-refractivity contribution in [3.8, 4) is 11.5 Å². The molecule has 0 aromatic heterocycles. The number of ether oxygens (including phenoxy) is 3. The minimum Gasteiger partial charge on any atom is -0.454 e. The van der Waals surface area contributed by atoms with Crippen LogP contribution in [-0.4, -0.2) is 36.7 Å². The molecule has 1 aliphatic rings. The fourth-order valence-corrected chi connectivity index (χ4v) is 2.48. The van der Waals surface area contributed by atoms with Gasteiger partial charge < -0.3 is 24.8 Å². The molecule has 146 valence electrons. The van der Waals surface area contributed by atoms with Gasteiger partial charge in [-0.1, -0.05) is 18.2 Å².